The third-order valence-electron chi connectivity index (χ3n) is 2.92. The van der Waals surface area contributed by atoms with Crippen molar-refractivity contribution in [3.63, 3.8) is 0 Å². The number of rotatable bonds is 1. The number of carboxylic acid groups (broad SMARTS) is 1. The van der Waals surface area contributed by atoms with Gasteiger partial charge in [-0.2, -0.15) is 0 Å². The minimum Gasteiger partial charge on any atom is -0.481 e. The van der Waals surface area contributed by atoms with E-state index in [1.807, 2.05) is 6.92 Å². The van der Waals surface area contributed by atoms with Crippen LogP contribution in [-0.2, 0) is 4.79 Å². The van der Waals surface area contributed by atoms with Gasteiger partial charge in [0.2, 0.25) is 0 Å². The zero-order valence-corrected chi connectivity index (χ0v) is 8.13. The van der Waals surface area contributed by atoms with Crippen molar-refractivity contribution in [2.75, 3.05) is 0 Å². The van der Waals surface area contributed by atoms with Crippen molar-refractivity contribution in [2.45, 2.75) is 40.0 Å². The van der Waals surface area contributed by atoms with E-state index in [-0.39, 0.29) is 0 Å². The second-order valence-electron chi connectivity index (χ2n) is 4.72. The fourth-order valence-corrected chi connectivity index (χ4v) is 2.65. The van der Waals surface area contributed by atoms with Crippen LogP contribution in [0.3, 0.4) is 0 Å². The zero-order valence-electron chi connectivity index (χ0n) is 8.13. The maximum absolute atomic E-state index is 11.0. The van der Waals surface area contributed by atoms with Gasteiger partial charge in [-0.05, 0) is 38.0 Å². The predicted molar refractivity (Wildman–Crippen MR) is 47.9 cm³/mol. The quantitative estimate of drug-likeness (QED) is 0.656. The van der Waals surface area contributed by atoms with Gasteiger partial charge in [0, 0.05) is 0 Å². The second-order valence-corrected chi connectivity index (χ2v) is 4.72. The number of aliphatic carboxylic acids is 1. The van der Waals surface area contributed by atoms with Gasteiger partial charge in [-0.15, -0.1) is 0 Å². The first-order chi connectivity index (χ1) is 5.44. The monoisotopic (exact) mass is 170 g/mol. The number of hydrogen-bond acceptors (Lipinski definition) is 1. The van der Waals surface area contributed by atoms with Crippen molar-refractivity contribution < 1.29 is 9.90 Å². The van der Waals surface area contributed by atoms with E-state index in [2.05, 4.69) is 13.8 Å². The van der Waals surface area contributed by atoms with Gasteiger partial charge in [0.25, 0.3) is 0 Å². The first kappa shape index (κ1) is 9.56. The molecule has 70 valence electrons. The van der Waals surface area contributed by atoms with Crippen LogP contribution in [0.25, 0.3) is 0 Å². The van der Waals surface area contributed by atoms with Gasteiger partial charge in [-0.3, -0.25) is 4.79 Å². The van der Waals surface area contributed by atoms with E-state index in [0.29, 0.717) is 11.8 Å². The van der Waals surface area contributed by atoms with Crippen LogP contribution in [0.15, 0.2) is 0 Å². The largest absolute Gasteiger partial charge is 0.481 e. The summed E-state index contributed by atoms with van der Waals surface area (Å²) in [5.74, 6) is 0.505. The van der Waals surface area contributed by atoms with E-state index in [9.17, 15) is 4.79 Å². The predicted octanol–water partition coefficient (Wildman–Crippen LogP) is 2.53. The zero-order chi connectivity index (χ0) is 9.35. The first-order valence-corrected chi connectivity index (χ1v) is 4.67. The smallest absolute Gasteiger partial charge is 0.309 e. The van der Waals surface area contributed by atoms with Gasteiger partial charge < -0.3 is 5.11 Å². The molecule has 0 heterocycles. The third-order valence-corrected chi connectivity index (χ3v) is 2.92. The molecule has 0 aliphatic heterocycles. The van der Waals surface area contributed by atoms with Crippen LogP contribution in [0.2, 0.25) is 0 Å². The van der Waals surface area contributed by atoms with E-state index in [1.165, 1.54) is 6.42 Å². The Morgan fingerprint density at radius 3 is 2.08 bits per heavy atom. The van der Waals surface area contributed by atoms with E-state index in [1.54, 1.807) is 0 Å². The molecule has 0 aromatic heterocycles. The maximum atomic E-state index is 11.0. The molecule has 0 radical (unpaired) electrons. The van der Waals surface area contributed by atoms with Crippen LogP contribution < -0.4 is 0 Å². The summed E-state index contributed by atoms with van der Waals surface area (Å²) in [5.41, 5.74) is -0.461. The van der Waals surface area contributed by atoms with Crippen molar-refractivity contribution in [1.29, 1.82) is 0 Å². The Hall–Kier alpha value is -0.530. The SMILES string of the molecule is C[C@@H]1C[C@H](C)CC(C)(C(=O)O)C1. The fraction of sp³-hybridized carbons (Fsp3) is 0.900. The summed E-state index contributed by atoms with van der Waals surface area (Å²) in [5, 5.41) is 9.03. The Bertz CT molecular complexity index is 176. The van der Waals surface area contributed by atoms with E-state index in [4.69, 9.17) is 5.11 Å². The molecule has 0 saturated heterocycles. The Morgan fingerprint density at radius 2 is 1.75 bits per heavy atom. The summed E-state index contributed by atoms with van der Waals surface area (Å²) in [4.78, 5) is 11.0. The lowest BCUT2D eigenvalue weighted by Gasteiger charge is -2.36. The lowest BCUT2D eigenvalue weighted by Crippen LogP contribution is -2.35. The molecule has 2 nitrogen and oxygen atoms in total. The van der Waals surface area contributed by atoms with Gasteiger partial charge in [0.05, 0.1) is 5.41 Å². The first-order valence-electron chi connectivity index (χ1n) is 4.67. The highest BCUT2D eigenvalue weighted by Gasteiger charge is 2.39. The number of carboxylic acids is 1. The van der Waals surface area contributed by atoms with Crippen LogP contribution in [0, 0.1) is 17.3 Å². The van der Waals surface area contributed by atoms with Crippen LogP contribution >= 0.6 is 0 Å². The Labute approximate surface area is 74.0 Å². The van der Waals surface area contributed by atoms with Crippen LogP contribution in [0.5, 0.6) is 0 Å². The molecule has 2 heteroatoms. The van der Waals surface area contributed by atoms with Crippen LogP contribution in [0.1, 0.15) is 40.0 Å². The number of carbonyl (C=O) groups is 1. The summed E-state index contributed by atoms with van der Waals surface area (Å²) >= 11 is 0. The van der Waals surface area contributed by atoms with Crippen molar-refractivity contribution >= 4 is 5.97 Å². The highest BCUT2D eigenvalue weighted by atomic mass is 16.4. The molecule has 1 unspecified atom stereocenters. The van der Waals surface area contributed by atoms with Crippen LogP contribution in [0.4, 0.5) is 0 Å². The summed E-state index contributed by atoms with van der Waals surface area (Å²) in [6, 6.07) is 0. The third kappa shape index (κ3) is 1.79. The molecule has 1 N–H and O–H groups in total. The standard InChI is InChI=1S/C10H18O2/c1-7-4-8(2)6-10(3,5-7)9(11)12/h7-8H,4-6H2,1-3H3,(H,11,12)/t7-,8+,10?. The molecule has 1 aliphatic rings. The second kappa shape index (κ2) is 3.08. The lowest BCUT2D eigenvalue weighted by atomic mass is 9.67. The van der Waals surface area contributed by atoms with Crippen molar-refractivity contribution in [3.8, 4) is 0 Å². The Morgan fingerprint density at radius 1 is 1.33 bits per heavy atom. The molecule has 0 spiro atoms. The average Bonchev–Trinajstić information content (AvgIpc) is 1.82. The molecule has 0 aromatic rings. The molecule has 3 atom stereocenters. The number of hydrogen-bond donors (Lipinski definition) is 1. The van der Waals surface area contributed by atoms with Gasteiger partial charge in [-0.25, -0.2) is 0 Å². The van der Waals surface area contributed by atoms with Crippen LogP contribution in [-0.4, -0.2) is 11.1 Å². The molecular formula is C10H18O2. The minimum atomic E-state index is -0.624. The van der Waals surface area contributed by atoms with Crippen molar-refractivity contribution in [3.05, 3.63) is 0 Å². The van der Waals surface area contributed by atoms with E-state index < -0.39 is 11.4 Å². The topological polar surface area (TPSA) is 37.3 Å². The summed E-state index contributed by atoms with van der Waals surface area (Å²) in [6.45, 7) is 6.18. The van der Waals surface area contributed by atoms with E-state index >= 15 is 0 Å². The van der Waals surface area contributed by atoms with Gasteiger partial charge in [0.1, 0.15) is 0 Å². The maximum Gasteiger partial charge on any atom is 0.309 e. The van der Waals surface area contributed by atoms with Crippen molar-refractivity contribution in [2.24, 2.45) is 17.3 Å². The van der Waals surface area contributed by atoms with Gasteiger partial charge in [-0.1, -0.05) is 13.8 Å². The lowest BCUT2D eigenvalue weighted by molar-refractivity contribution is -0.151. The highest BCUT2D eigenvalue weighted by Crippen LogP contribution is 2.41. The molecule has 1 aliphatic carbocycles. The molecule has 0 aromatic carbocycles. The summed E-state index contributed by atoms with van der Waals surface area (Å²) in [6.07, 6.45) is 2.86. The van der Waals surface area contributed by atoms with Gasteiger partial charge in [0.15, 0.2) is 0 Å². The molecule has 1 rings (SSSR count). The Kier molecular flexibility index (Phi) is 2.45. The Balaban J connectivity index is 2.71. The normalized spacial score (nSPS) is 42.6. The molecule has 0 amide bonds. The molecular weight excluding hydrogens is 152 g/mol. The molecule has 12 heavy (non-hydrogen) atoms. The van der Waals surface area contributed by atoms with Crippen molar-refractivity contribution in [1.82, 2.24) is 0 Å². The fourth-order valence-electron chi connectivity index (χ4n) is 2.65. The molecule has 0 bridgehead atoms. The minimum absolute atomic E-state index is 0.461. The summed E-state index contributed by atoms with van der Waals surface area (Å²) in [7, 11) is 0. The summed E-state index contributed by atoms with van der Waals surface area (Å²) < 4.78 is 0. The van der Waals surface area contributed by atoms with E-state index in [0.717, 1.165) is 12.8 Å². The average molecular weight is 170 g/mol. The molecule has 1 saturated carbocycles. The highest BCUT2D eigenvalue weighted by molar-refractivity contribution is 5.74. The molecule has 1 fully saturated rings. The van der Waals surface area contributed by atoms with Gasteiger partial charge >= 0.3 is 5.97 Å².